The molecule has 1 unspecified atom stereocenters. The standard InChI is InChI=1S/C20H14ClF7N2O3/c21-11-1-3-12(4-2-11)30-13(7-16(29-30)20(26,27)28)9-33-17-14(22)5-10(6-15(17)23)8-19(24,25)18(31)32/h1-6,13H,7-9H2,(H,31,32). The second kappa shape index (κ2) is 9.08. The van der Waals surface area contributed by atoms with E-state index in [0.29, 0.717) is 17.2 Å². The molecule has 1 heterocycles. The summed E-state index contributed by atoms with van der Waals surface area (Å²) < 4.78 is 99.8. The molecule has 5 nitrogen and oxygen atoms in total. The Morgan fingerprint density at radius 1 is 1.12 bits per heavy atom. The van der Waals surface area contributed by atoms with Crippen LogP contribution in [0.4, 0.5) is 36.4 Å². The lowest BCUT2D eigenvalue weighted by molar-refractivity contribution is -0.164. The van der Waals surface area contributed by atoms with Gasteiger partial charge in [-0.3, -0.25) is 5.01 Å². The minimum Gasteiger partial charge on any atom is -0.485 e. The van der Waals surface area contributed by atoms with Gasteiger partial charge in [-0.1, -0.05) is 11.6 Å². The number of carboxylic acids is 1. The maximum atomic E-state index is 14.3. The Balaban J connectivity index is 1.80. The van der Waals surface area contributed by atoms with Gasteiger partial charge in [0.25, 0.3) is 0 Å². The highest BCUT2D eigenvalue weighted by atomic mass is 35.5. The number of anilines is 1. The molecule has 0 saturated heterocycles. The molecule has 0 fully saturated rings. The van der Waals surface area contributed by atoms with Crippen LogP contribution in [-0.2, 0) is 11.2 Å². The molecule has 0 bridgehead atoms. The molecule has 1 aliphatic rings. The lowest BCUT2D eigenvalue weighted by Crippen LogP contribution is -2.33. The van der Waals surface area contributed by atoms with E-state index in [1.165, 1.54) is 24.3 Å². The van der Waals surface area contributed by atoms with Crippen LogP contribution in [0, 0.1) is 11.6 Å². The molecule has 13 heteroatoms. The van der Waals surface area contributed by atoms with Crippen LogP contribution < -0.4 is 9.75 Å². The number of carbonyl (C=O) groups is 1. The first-order valence-corrected chi connectivity index (χ1v) is 9.57. The van der Waals surface area contributed by atoms with Crippen LogP contribution in [0.1, 0.15) is 12.0 Å². The lowest BCUT2D eigenvalue weighted by atomic mass is 10.1. The van der Waals surface area contributed by atoms with E-state index in [9.17, 15) is 35.5 Å². The average Bonchev–Trinajstić information content (AvgIpc) is 3.12. The number of rotatable bonds is 7. The molecule has 0 aromatic heterocycles. The molecule has 1 N–H and O–H groups in total. The van der Waals surface area contributed by atoms with Crippen LogP contribution in [-0.4, -0.2) is 41.5 Å². The lowest BCUT2D eigenvalue weighted by Gasteiger charge is -2.24. The minimum absolute atomic E-state index is 0.222. The third-order valence-corrected chi connectivity index (χ3v) is 4.89. The molecule has 2 aromatic rings. The molecule has 0 saturated carbocycles. The van der Waals surface area contributed by atoms with Gasteiger partial charge in [-0.05, 0) is 42.0 Å². The quantitative estimate of drug-likeness (QED) is 0.515. The highest BCUT2D eigenvalue weighted by Crippen LogP contribution is 2.33. The summed E-state index contributed by atoms with van der Waals surface area (Å²) in [6.45, 7) is -0.635. The smallest absolute Gasteiger partial charge is 0.431 e. The molecule has 178 valence electrons. The SMILES string of the molecule is O=C(O)C(F)(F)Cc1cc(F)c(OCC2CC(C(F)(F)F)=NN2c2ccc(Cl)cc2)c(F)c1. The molecule has 33 heavy (non-hydrogen) atoms. The van der Waals surface area contributed by atoms with E-state index >= 15 is 0 Å². The maximum absolute atomic E-state index is 14.3. The number of benzene rings is 2. The van der Waals surface area contributed by atoms with Gasteiger partial charge in [0.15, 0.2) is 17.4 Å². The molecule has 3 rings (SSSR count). The Bertz CT molecular complexity index is 1050. The topological polar surface area (TPSA) is 62.1 Å². The fourth-order valence-electron chi connectivity index (χ4n) is 3.09. The summed E-state index contributed by atoms with van der Waals surface area (Å²) in [6.07, 6.45) is -6.85. The highest BCUT2D eigenvalue weighted by molar-refractivity contribution is 6.30. The zero-order chi connectivity index (χ0) is 24.6. The summed E-state index contributed by atoms with van der Waals surface area (Å²) >= 11 is 5.78. The fraction of sp³-hybridized carbons (Fsp3) is 0.300. The predicted molar refractivity (Wildman–Crippen MR) is 104 cm³/mol. The minimum atomic E-state index is -4.74. The third-order valence-electron chi connectivity index (χ3n) is 4.64. The van der Waals surface area contributed by atoms with E-state index in [0.717, 1.165) is 5.01 Å². The maximum Gasteiger partial charge on any atom is 0.431 e. The van der Waals surface area contributed by atoms with Gasteiger partial charge in [0.2, 0.25) is 0 Å². The summed E-state index contributed by atoms with van der Waals surface area (Å²) in [6, 6.07) is 5.48. The molecule has 1 aliphatic heterocycles. The van der Waals surface area contributed by atoms with Crippen molar-refractivity contribution in [3.63, 3.8) is 0 Å². The molecule has 0 aliphatic carbocycles. The van der Waals surface area contributed by atoms with Crippen LogP contribution in [0.15, 0.2) is 41.5 Å². The third kappa shape index (κ3) is 5.67. The van der Waals surface area contributed by atoms with E-state index in [2.05, 4.69) is 5.10 Å². The Hall–Kier alpha value is -3.02. The Morgan fingerprint density at radius 3 is 2.21 bits per heavy atom. The van der Waals surface area contributed by atoms with Crippen molar-refractivity contribution < 1.29 is 45.4 Å². The van der Waals surface area contributed by atoms with Crippen LogP contribution in [0.3, 0.4) is 0 Å². The Morgan fingerprint density at radius 2 is 1.70 bits per heavy atom. The van der Waals surface area contributed by atoms with Crippen molar-refractivity contribution >= 4 is 29.0 Å². The summed E-state index contributed by atoms with van der Waals surface area (Å²) in [5.74, 6) is -10.6. The van der Waals surface area contributed by atoms with Crippen molar-refractivity contribution in [1.29, 1.82) is 0 Å². The summed E-state index contributed by atoms with van der Waals surface area (Å²) in [4.78, 5) is 10.5. The van der Waals surface area contributed by atoms with Crippen molar-refractivity contribution in [1.82, 2.24) is 0 Å². The van der Waals surface area contributed by atoms with Crippen LogP contribution in [0.25, 0.3) is 0 Å². The van der Waals surface area contributed by atoms with E-state index in [1.807, 2.05) is 0 Å². The van der Waals surface area contributed by atoms with Crippen molar-refractivity contribution in [2.24, 2.45) is 5.10 Å². The first kappa shape index (κ1) is 24.6. The number of hydrogen-bond donors (Lipinski definition) is 1. The van der Waals surface area contributed by atoms with Crippen LogP contribution >= 0.6 is 11.6 Å². The summed E-state index contributed by atoms with van der Waals surface area (Å²) in [5, 5.41) is 13.3. The van der Waals surface area contributed by atoms with E-state index in [4.69, 9.17) is 21.4 Å². The second-order valence-electron chi connectivity index (χ2n) is 7.11. The monoisotopic (exact) mass is 498 g/mol. The fourth-order valence-corrected chi connectivity index (χ4v) is 3.22. The normalized spacial score (nSPS) is 16.7. The summed E-state index contributed by atoms with van der Waals surface area (Å²) in [7, 11) is 0. The van der Waals surface area contributed by atoms with Gasteiger partial charge in [0, 0.05) is 17.9 Å². The number of hydrazone groups is 1. The van der Waals surface area contributed by atoms with E-state index < -0.39 is 72.2 Å². The highest BCUT2D eigenvalue weighted by Gasteiger charge is 2.43. The Kier molecular flexibility index (Phi) is 6.78. The Labute approximate surface area is 187 Å². The predicted octanol–water partition coefficient (Wildman–Crippen LogP) is 5.46. The molecule has 0 spiro atoms. The van der Waals surface area contributed by atoms with Crippen molar-refractivity contribution in [3.8, 4) is 5.75 Å². The van der Waals surface area contributed by atoms with Crippen LogP contribution in [0.5, 0.6) is 5.75 Å². The van der Waals surface area contributed by atoms with E-state index in [-0.39, 0.29) is 5.69 Å². The second-order valence-corrected chi connectivity index (χ2v) is 7.55. The van der Waals surface area contributed by atoms with E-state index in [1.54, 1.807) is 0 Å². The van der Waals surface area contributed by atoms with Gasteiger partial charge in [-0.25, -0.2) is 13.6 Å². The number of nitrogens with zero attached hydrogens (tertiary/aromatic N) is 2. The largest absolute Gasteiger partial charge is 0.485 e. The number of hydrogen-bond acceptors (Lipinski definition) is 4. The number of aliphatic carboxylic acids is 1. The molecule has 2 aromatic carbocycles. The number of ether oxygens (including phenoxy) is 1. The molecular weight excluding hydrogens is 485 g/mol. The molecule has 1 atom stereocenters. The van der Waals surface area contributed by atoms with Gasteiger partial charge in [-0.2, -0.15) is 27.1 Å². The van der Waals surface area contributed by atoms with Crippen molar-refractivity contribution in [2.75, 3.05) is 11.6 Å². The zero-order valence-electron chi connectivity index (χ0n) is 16.3. The number of alkyl halides is 5. The number of carboxylic acid groups (broad SMARTS) is 1. The van der Waals surface area contributed by atoms with Crippen LogP contribution in [0.2, 0.25) is 5.02 Å². The van der Waals surface area contributed by atoms with Crippen molar-refractivity contribution in [2.45, 2.75) is 31.0 Å². The molecular formula is C20H14ClF7N2O3. The van der Waals surface area contributed by atoms with Gasteiger partial charge in [-0.15, -0.1) is 0 Å². The first-order chi connectivity index (χ1) is 15.3. The zero-order valence-corrected chi connectivity index (χ0v) is 17.1. The van der Waals surface area contributed by atoms with Gasteiger partial charge >= 0.3 is 18.1 Å². The van der Waals surface area contributed by atoms with Gasteiger partial charge in [0.05, 0.1) is 11.7 Å². The van der Waals surface area contributed by atoms with Crippen molar-refractivity contribution in [3.05, 3.63) is 58.6 Å². The number of halogens is 8. The molecule has 0 amide bonds. The van der Waals surface area contributed by atoms with Gasteiger partial charge in [0.1, 0.15) is 12.3 Å². The van der Waals surface area contributed by atoms with Gasteiger partial charge < -0.3 is 9.84 Å². The first-order valence-electron chi connectivity index (χ1n) is 9.19. The average molecular weight is 499 g/mol. The summed E-state index contributed by atoms with van der Waals surface area (Å²) in [5.41, 5.74) is -1.55. The molecule has 0 radical (unpaired) electrons.